The van der Waals surface area contributed by atoms with Crippen molar-refractivity contribution in [1.29, 1.82) is 5.26 Å². The highest BCUT2D eigenvalue weighted by molar-refractivity contribution is 7.89. The first kappa shape index (κ1) is 23.2. The number of hydrogen-bond acceptors (Lipinski definition) is 6. The number of para-hydroxylation sites is 1. The van der Waals surface area contributed by atoms with Crippen molar-refractivity contribution >= 4 is 27.5 Å². The van der Waals surface area contributed by atoms with E-state index in [0.29, 0.717) is 11.8 Å². The first-order chi connectivity index (χ1) is 15.1. The molecule has 1 amide bonds. The number of hydrogen-bond donors (Lipinski definition) is 1. The minimum Gasteiger partial charge on any atom is -0.298 e. The summed E-state index contributed by atoms with van der Waals surface area (Å²) in [6.07, 6.45) is -5.29. The number of carbonyl (C=O) groups excluding carboxylic acids is 1. The average Bonchev–Trinajstić information content (AvgIpc) is 2.78. The number of oxime groups is 1. The third-order valence-electron chi connectivity index (χ3n) is 4.64. The minimum absolute atomic E-state index is 0.0281. The minimum atomic E-state index is -4.65. The fraction of sp³-hybridized carbons (Fsp3) is 0.250. The van der Waals surface area contributed by atoms with Crippen LogP contribution in [0.3, 0.4) is 0 Å². The number of alkyl halides is 3. The molecule has 0 saturated carbocycles. The second-order valence-corrected chi connectivity index (χ2v) is 8.69. The highest BCUT2D eigenvalue weighted by atomic mass is 32.2. The third-order valence-corrected chi connectivity index (χ3v) is 6.54. The van der Waals surface area contributed by atoms with E-state index in [-0.39, 0.29) is 37.2 Å². The van der Waals surface area contributed by atoms with E-state index in [4.69, 9.17) is 10.1 Å². The van der Waals surface area contributed by atoms with Gasteiger partial charge in [-0.2, -0.15) is 22.7 Å². The van der Waals surface area contributed by atoms with Crippen LogP contribution in [0.15, 0.2) is 58.6 Å². The number of halogens is 3. The van der Waals surface area contributed by atoms with E-state index in [9.17, 15) is 26.4 Å². The van der Waals surface area contributed by atoms with E-state index in [1.807, 2.05) is 6.07 Å². The summed E-state index contributed by atoms with van der Waals surface area (Å²) in [5.41, 5.74) is -0.133. The van der Waals surface area contributed by atoms with Crippen LogP contribution in [0.5, 0.6) is 0 Å². The van der Waals surface area contributed by atoms with E-state index in [1.165, 1.54) is 12.1 Å². The number of nitrogens with zero attached hydrogens (tertiary/aromatic N) is 3. The van der Waals surface area contributed by atoms with E-state index in [0.717, 1.165) is 22.5 Å². The van der Waals surface area contributed by atoms with Crippen LogP contribution in [-0.4, -0.2) is 37.6 Å². The SMILES string of the molecule is N#Cc1ccccc1NC(=O)ON=C1CCN(S(=O)(=O)c2cccc(C(F)(F)F)c2)CC1. The average molecular weight is 466 g/mol. The van der Waals surface area contributed by atoms with Crippen molar-refractivity contribution in [3.8, 4) is 6.07 Å². The number of amides is 1. The molecule has 1 fully saturated rings. The number of benzene rings is 2. The Bertz CT molecular complexity index is 1180. The van der Waals surface area contributed by atoms with Crippen LogP contribution >= 0.6 is 0 Å². The summed E-state index contributed by atoms with van der Waals surface area (Å²) in [5, 5.41) is 15.1. The molecule has 1 aliphatic heterocycles. The molecule has 2 aromatic rings. The van der Waals surface area contributed by atoms with Crippen LogP contribution in [-0.2, 0) is 21.0 Å². The van der Waals surface area contributed by atoms with Crippen LogP contribution in [0.1, 0.15) is 24.0 Å². The Morgan fingerprint density at radius 3 is 2.47 bits per heavy atom. The van der Waals surface area contributed by atoms with Gasteiger partial charge in [0.25, 0.3) is 0 Å². The standard InChI is InChI=1S/C20H17F3N4O4S/c21-20(22,23)15-5-3-6-17(12-15)32(29,30)27-10-8-16(9-11-27)26-31-19(28)25-18-7-2-1-4-14(18)13-24/h1-7,12H,8-11H2,(H,25,28). The van der Waals surface area contributed by atoms with E-state index < -0.39 is 32.8 Å². The van der Waals surface area contributed by atoms with Gasteiger partial charge in [0.2, 0.25) is 10.0 Å². The van der Waals surface area contributed by atoms with Gasteiger partial charge in [0.05, 0.1) is 27.4 Å². The van der Waals surface area contributed by atoms with Gasteiger partial charge in [-0.25, -0.2) is 13.2 Å². The molecule has 1 saturated heterocycles. The molecule has 12 heteroatoms. The van der Waals surface area contributed by atoms with Crippen LogP contribution in [0.2, 0.25) is 0 Å². The Morgan fingerprint density at radius 2 is 1.81 bits per heavy atom. The predicted molar refractivity (Wildman–Crippen MR) is 108 cm³/mol. The van der Waals surface area contributed by atoms with Gasteiger partial charge in [-0.15, -0.1) is 0 Å². The quantitative estimate of drug-likeness (QED) is 0.541. The molecule has 8 nitrogen and oxygen atoms in total. The maximum absolute atomic E-state index is 12.9. The maximum atomic E-state index is 12.9. The summed E-state index contributed by atoms with van der Waals surface area (Å²) < 4.78 is 65.1. The molecule has 1 aliphatic rings. The van der Waals surface area contributed by atoms with E-state index in [1.54, 1.807) is 12.1 Å². The first-order valence-electron chi connectivity index (χ1n) is 9.31. The number of anilines is 1. The van der Waals surface area contributed by atoms with Gasteiger partial charge >= 0.3 is 12.3 Å². The molecule has 1 N–H and O–H groups in total. The van der Waals surface area contributed by atoms with Crippen molar-refractivity contribution in [3.63, 3.8) is 0 Å². The highest BCUT2D eigenvalue weighted by Gasteiger charge is 2.33. The van der Waals surface area contributed by atoms with Gasteiger partial charge in [-0.1, -0.05) is 23.4 Å². The van der Waals surface area contributed by atoms with Crippen LogP contribution in [0.4, 0.5) is 23.7 Å². The normalized spacial score (nSPS) is 15.0. The molecule has 0 unspecified atom stereocenters. The fourth-order valence-electron chi connectivity index (χ4n) is 2.99. The third kappa shape index (κ3) is 5.43. The van der Waals surface area contributed by atoms with Gasteiger partial charge < -0.3 is 0 Å². The van der Waals surface area contributed by atoms with Crippen molar-refractivity contribution in [2.24, 2.45) is 5.16 Å². The predicted octanol–water partition coefficient (Wildman–Crippen LogP) is 3.97. The highest BCUT2D eigenvalue weighted by Crippen LogP contribution is 2.31. The van der Waals surface area contributed by atoms with Gasteiger partial charge in [-0.3, -0.25) is 10.2 Å². The molecular formula is C20H17F3N4O4S. The number of nitrogens with one attached hydrogen (secondary N) is 1. The number of rotatable bonds is 4. The molecule has 0 aliphatic carbocycles. The largest absolute Gasteiger partial charge is 0.437 e. The molecule has 0 radical (unpaired) electrons. The number of sulfonamides is 1. The molecule has 0 bridgehead atoms. The second-order valence-electron chi connectivity index (χ2n) is 6.75. The summed E-state index contributed by atoms with van der Waals surface area (Å²) in [5.74, 6) is 0. The number of nitriles is 1. The van der Waals surface area contributed by atoms with Gasteiger partial charge in [-0.05, 0) is 30.3 Å². The lowest BCUT2D eigenvalue weighted by Crippen LogP contribution is -2.38. The lowest BCUT2D eigenvalue weighted by Gasteiger charge is -2.26. The number of piperidine rings is 1. The second kappa shape index (κ2) is 9.37. The molecule has 168 valence electrons. The van der Waals surface area contributed by atoms with Gasteiger partial charge in [0.15, 0.2) is 0 Å². The van der Waals surface area contributed by atoms with Crippen molar-refractivity contribution in [1.82, 2.24) is 4.31 Å². The summed E-state index contributed by atoms with van der Waals surface area (Å²) >= 11 is 0. The molecule has 3 rings (SSSR count). The van der Waals surface area contributed by atoms with Gasteiger partial charge in [0, 0.05) is 25.9 Å². The number of carbonyl (C=O) groups is 1. The first-order valence-corrected chi connectivity index (χ1v) is 10.8. The molecule has 0 aromatic heterocycles. The molecule has 0 atom stereocenters. The van der Waals surface area contributed by atoms with Crippen molar-refractivity contribution in [3.05, 3.63) is 59.7 Å². The smallest absolute Gasteiger partial charge is 0.298 e. The maximum Gasteiger partial charge on any atom is 0.437 e. The topological polar surface area (TPSA) is 112 Å². The lowest BCUT2D eigenvalue weighted by atomic mass is 10.1. The Hall–Kier alpha value is -3.43. The summed E-state index contributed by atoms with van der Waals surface area (Å²) in [4.78, 5) is 16.2. The van der Waals surface area contributed by atoms with E-state index >= 15 is 0 Å². The van der Waals surface area contributed by atoms with Gasteiger partial charge in [0.1, 0.15) is 6.07 Å². The zero-order valence-electron chi connectivity index (χ0n) is 16.5. The fourth-order valence-corrected chi connectivity index (χ4v) is 4.47. The van der Waals surface area contributed by atoms with Crippen LogP contribution < -0.4 is 5.32 Å². The van der Waals surface area contributed by atoms with Crippen molar-refractivity contribution < 1.29 is 31.2 Å². The van der Waals surface area contributed by atoms with Crippen molar-refractivity contribution in [2.75, 3.05) is 18.4 Å². The Kier molecular flexibility index (Phi) is 6.81. The zero-order valence-corrected chi connectivity index (χ0v) is 17.3. The summed E-state index contributed by atoms with van der Waals surface area (Å²) in [6, 6.07) is 11.8. The summed E-state index contributed by atoms with van der Waals surface area (Å²) in [6.45, 7) is -0.0562. The van der Waals surface area contributed by atoms with Crippen molar-refractivity contribution in [2.45, 2.75) is 23.9 Å². The molecular weight excluding hydrogens is 449 g/mol. The van der Waals surface area contributed by atoms with Crippen LogP contribution in [0.25, 0.3) is 0 Å². The Balaban J connectivity index is 1.60. The van der Waals surface area contributed by atoms with E-state index in [2.05, 4.69) is 10.5 Å². The molecule has 2 aromatic carbocycles. The zero-order chi connectivity index (χ0) is 23.4. The lowest BCUT2D eigenvalue weighted by molar-refractivity contribution is -0.137. The Morgan fingerprint density at radius 1 is 1.12 bits per heavy atom. The van der Waals surface area contributed by atoms with Crippen LogP contribution in [0, 0.1) is 11.3 Å². The molecule has 32 heavy (non-hydrogen) atoms. The summed E-state index contributed by atoms with van der Waals surface area (Å²) in [7, 11) is -4.12. The molecule has 0 spiro atoms. The Labute approximate surface area is 181 Å². The molecule has 1 heterocycles. The monoisotopic (exact) mass is 466 g/mol.